The molecular formula is C20H20N8S2. The van der Waals surface area contributed by atoms with E-state index in [-0.39, 0.29) is 5.95 Å². The largest absolute Gasteiger partial charge is 0.368 e. The SMILES string of the molecule is Cc1ccc(Nc2nc(N)nc(CSc3nnc(-c4cccs4)n3C3CC3)n2)cc1. The van der Waals surface area contributed by atoms with Crippen molar-refractivity contribution in [1.29, 1.82) is 0 Å². The Morgan fingerprint density at radius 1 is 1.13 bits per heavy atom. The molecule has 0 amide bonds. The molecule has 0 aliphatic heterocycles. The average molecular weight is 437 g/mol. The van der Waals surface area contributed by atoms with Crippen LogP contribution in [-0.2, 0) is 5.75 Å². The standard InChI is InChI=1S/C20H20N8S2/c1-12-4-6-13(7-5-12)22-19-24-16(23-18(21)25-19)11-30-20-27-26-17(15-3-2-10-29-15)28(20)14-8-9-14/h2-7,10,14H,8-9,11H2,1H3,(H3,21,22,23,24,25). The smallest absolute Gasteiger partial charge is 0.232 e. The third kappa shape index (κ3) is 4.14. The van der Waals surface area contributed by atoms with Crippen molar-refractivity contribution in [3.05, 3.63) is 53.2 Å². The number of rotatable bonds is 7. The van der Waals surface area contributed by atoms with Crippen LogP contribution >= 0.6 is 23.1 Å². The summed E-state index contributed by atoms with van der Waals surface area (Å²) in [6.45, 7) is 2.05. The number of hydrogen-bond donors (Lipinski definition) is 2. The van der Waals surface area contributed by atoms with Gasteiger partial charge < -0.3 is 11.1 Å². The Balaban J connectivity index is 1.34. The van der Waals surface area contributed by atoms with Crippen LogP contribution in [0.1, 0.15) is 30.3 Å². The van der Waals surface area contributed by atoms with Crippen LogP contribution in [0.15, 0.2) is 46.9 Å². The van der Waals surface area contributed by atoms with E-state index in [1.165, 1.54) is 5.56 Å². The number of thiophene rings is 1. The van der Waals surface area contributed by atoms with Gasteiger partial charge in [-0.25, -0.2) is 0 Å². The maximum atomic E-state index is 5.92. The van der Waals surface area contributed by atoms with Crippen LogP contribution in [0.5, 0.6) is 0 Å². The Morgan fingerprint density at radius 3 is 2.70 bits per heavy atom. The summed E-state index contributed by atoms with van der Waals surface area (Å²) in [5.41, 5.74) is 8.01. The fourth-order valence-corrected chi connectivity index (χ4v) is 4.63. The van der Waals surface area contributed by atoms with E-state index in [1.807, 2.05) is 37.3 Å². The first-order chi connectivity index (χ1) is 14.7. The van der Waals surface area contributed by atoms with Gasteiger partial charge in [-0.15, -0.1) is 21.5 Å². The molecule has 3 heterocycles. The van der Waals surface area contributed by atoms with Gasteiger partial charge in [0.15, 0.2) is 11.0 Å². The van der Waals surface area contributed by atoms with Crippen LogP contribution in [-0.4, -0.2) is 29.7 Å². The molecule has 0 radical (unpaired) electrons. The highest BCUT2D eigenvalue weighted by Gasteiger charge is 2.30. The molecule has 0 saturated heterocycles. The zero-order chi connectivity index (χ0) is 20.5. The van der Waals surface area contributed by atoms with E-state index in [4.69, 9.17) is 5.73 Å². The van der Waals surface area contributed by atoms with Crippen molar-refractivity contribution in [2.75, 3.05) is 11.1 Å². The number of nitrogen functional groups attached to an aromatic ring is 1. The van der Waals surface area contributed by atoms with E-state index in [9.17, 15) is 0 Å². The molecule has 0 unspecified atom stereocenters. The van der Waals surface area contributed by atoms with Gasteiger partial charge in [-0.05, 0) is 43.3 Å². The third-order valence-electron chi connectivity index (χ3n) is 4.66. The van der Waals surface area contributed by atoms with Crippen molar-refractivity contribution in [2.45, 2.75) is 36.7 Å². The maximum Gasteiger partial charge on any atom is 0.232 e. The van der Waals surface area contributed by atoms with Crippen molar-refractivity contribution in [3.63, 3.8) is 0 Å². The second-order valence-corrected chi connectivity index (χ2v) is 8.99. The summed E-state index contributed by atoms with van der Waals surface area (Å²) in [6.07, 6.45) is 2.32. The lowest BCUT2D eigenvalue weighted by Gasteiger charge is -2.09. The van der Waals surface area contributed by atoms with Gasteiger partial charge in [0, 0.05) is 11.7 Å². The molecule has 4 aromatic rings. The maximum absolute atomic E-state index is 5.92. The minimum atomic E-state index is 0.193. The van der Waals surface area contributed by atoms with Crippen LogP contribution in [0.4, 0.5) is 17.6 Å². The molecule has 0 spiro atoms. The fraction of sp³-hybridized carbons (Fsp3) is 0.250. The van der Waals surface area contributed by atoms with Crippen molar-refractivity contribution in [3.8, 4) is 10.7 Å². The summed E-state index contributed by atoms with van der Waals surface area (Å²) in [5.74, 6) is 2.70. The van der Waals surface area contributed by atoms with Gasteiger partial charge in [0.05, 0.1) is 10.6 Å². The van der Waals surface area contributed by atoms with E-state index in [1.54, 1.807) is 23.1 Å². The summed E-state index contributed by atoms with van der Waals surface area (Å²) in [5, 5.41) is 15.0. The van der Waals surface area contributed by atoms with E-state index in [0.29, 0.717) is 23.6 Å². The lowest BCUT2D eigenvalue weighted by molar-refractivity contribution is 0.669. The molecular weight excluding hydrogens is 416 g/mol. The molecule has 30 heavy (non-hydrogen) atoms. The summed E-state index contributed by atoms with van der Waals surface area (Å²) in [6, 6.07) is 12.6. The minimum absolute atomic E-state index is 0.193. The molecule has 152 valence electrons. The minimum Gasteiger partial charge on any atom is -0.368 e. The Hall–Kier alpha value is -2.98. The Kier molecular flexibility index (Phi) is 5.09. The molecule has 5 rings (SSSR count). The number of nitrogens with zero attached hydrogens (tertiary/aromatic N) is 6. The Bertz CT molecular complexity index is 1150. The Labute approximate surface area is 182 Å². The van der Waals surface area contributed by atoms with Gasteiger partial charge in [-0.2, -0.15) is 15.0 Å². The van der Waals surface area contributed by atoms with E-state index in [0.717, 1.165) is 34.4 Å². The van der Waals surface area contributed by atoms with E-state index in [2.05, 4.69) is 46.5 Å². The second-order valence-electron chi connectivity index (χ2n) is 7.10. The number of hydrogen-bond acceptors (Lipinski definition) is 9. The molecule has 10 heteroatoms. The lowest BCUT2D eigenvalue weighted by Crippen LogP contribution is -2.07. The first-order valence-corrected chi connectivity index (χ1v) is 11.5. The van der Waals surface area contributed by atoms with Gasteiger partial charge in [-0.3, -0.25) is 4.57 Å². The zero-order valence-corrected chi connectivity index (χ0v) is 18.0. The summed E-state index contributed by atoms with van der Waals surface area (Å²) >= 11 is 3.25. The molecule has 3 N–H and O–H groups in total. The second kappa shape index (κ2) is 8.04. The quantitative estimate of drug-likeness (QED) is 0.409. The molecule has 0 bridgehead atoms. The summed E-state index contributed by atoms with van der Waals surface area (Å²) in [7, 11) is 0. The third-order valence-corrected chi connectivity index (χ3v) is 6.46. The van der Waals surface area contributed by atoms with Crippen molar-refractivity contribution in [2.24, 2.45) is 0 Å². The lowest BCUT2D eigenvalue weighted by atomic mass is 10.2. The van der Waals surface area contributed by atoms with Crippen molar-refractivity contribution < 1.29 is 0 Å². The van der Waals surface area contributed by atoms with Crippen molar-refractivity contribution in [1.82, 2.24) is 29.7 Å². The topological polar surface area (TPSA) is 107 Å². The van der Waals surface area contributed by atoms with Gasteiger partial charge in [0.1, 0.15) is 5.82 Å². The monoisotopic (exact) mass is 436 g/mol. The zero-order valence-electron chi connectivity index (χ0n) is 16.3. The number of thioether (sulfide) groups is 1. The molecule has 1 fully saturated rings. The van der Waals surface area contributed by atoms with E-state index < -0.39 is 0 Å². The predicted molar refractivity (Wildman–Crippen MR) is 120 cm³/mol. The Morgan fingerprint density at radius 2 is 1.97 bits per heavy atom. The van der Waals surface area contributed by atoms with Gasteiger partial charge in [0.25, 0.3) is 0 Å². The fourth-order valence-electron chi connectivity index (χ4n) is 3.06. The van der Waals surface area contributed by atoms with Crippen molar-refractivity contribution >= 4 is 40.7 Å². The highest BCUT2D eigenvalue weighted by molar-refractivity contribution is 7.98. The number of aryl methyl sites for hydroxylation is 1. The first-order valence-electron chi connectivity index (χ1n) is 9.61. The molecule has 0 atom stereocenters. The number of nitrogens with two attached hydrogens (primary N) is 1. The van der Waals surface area contributed by atoms with Gasteiger partial charge in [0.2, 0.25) is 11.9 Å². The number of nitrogens with one attached hydrogen (secondary N) is 1. The number of aromatic nitrogens is 6. The van der Waals surface area contributed by atoms with E-state index >= 15 is 0 Å². The highest BCUT2D eigenvalue weighted by atomic mass is 32.2. The van der Waals surface area contributed by atoms with Crippen LogP contribution in [0.25, 0.3) is 10.7 Å². The number of anilines is 3. The average Bonchev–Trinajstić information content (AvgIpc) is 3.24. The highest BCUT2D eigenvalue weighted by Crippen LogP contribution is 2.42. The van der Waals surface area contributed by atoms with Crippen LogP contribution in [0, 0.1) is 6.92 Å². The molecule has 3 aromatic heterocycles. The number of benzene rings is 1. The molecule has 1 aliphatic rings. The molecule has 1 aromatic carbocycles. The van der Waals surface area contributed by atoms with Gasteiger partial charge in [-0.1, -0.05) is 35.5 Å². The van der Waals surface area contributed by atoms with Crippen LogP contribution in [0.2, 0.25) is 0 Å². The molecule has 1 saturated carbocycles. The normalized spacial score (nSPS) is 13.5. The summed E-state index contributed by atoms with van der Waals surface area (Å²) < 4.78 is 2.24. The summed E-state index contributed by atoms with van der Waals surface area (Å²) in [4.78, 5) is 14.2. The molecule has 1 aliphatic carbocycles. The van der Waals surface area contributed by atoms with Crippen LogP contribution < -0.4 is 11.1 Å². The first kappa shape index (κ1) is 19.0. The van der Waals surface area contributed by atoms with Gasteiger partial charge >= 0.3 is 0 Å². The predicted octanol–water partition coefficient (Wildman–Crippen LogP) is 4.45. The van der Waals surface area contributed by atoms with Crippen LogP contribution in [0.3, 0.4) is 0 Å². The molecule has 8 nitrogen and oxygen atoms in total.